The summed E-state index contributed by atoms with van der Waals surface area (Å²) in [6.07, 6.45) is 1.74. The van der Waals surface area contributed by atoms with Gasteiger partial charge < -0.3 is 45.6 Å². The van der Waals surface area contributed by atoms with E-state index in [1.807, 2.05) is 24.3 Å². The first-order chi connectivity index (χ1) is 27.7. The number of nitrogens with one attached hydrogen (secondary N) is 5. The minimum absolute atomic E-state index is 0.00881. The molecule has 5 amide bonds. The number of ether oxygens (including phenoxy) is 2. The lowest BCUT2D eigenvalue weighted by Crippen LogP contribution is -2.58. The lowest BCUT2D eigenvalue weighted by molar-refractivity contribution is -0.149. The first-order valence-corrected chi connectivity index (χ1v) is 23.3. The van der Waals surface area contributed by atoms with Gasteiger partial charge in [-0.05, 0) is 86.1 Å². The van der Waals surface area contributed by atoms with E-state index in [-0.39, 0.29) is 29.5 Å². The smallest absolute Gasteiger partial charge is 0.408 e. The summed E-state index contributed by atoms with van der Waals surface area (Å²) in [5, 5.41) is 23.3. The molecule has 0 saturated carbocycles. The van der Waals surface area contributed by atoms with Gasteiger partial charge >= 0.3 is 12.1 Å². The van der Waals surface area contributed by atoms with Crippen molar-refractivity contribution in [2.75, 3.05) is 6.61 Å². The van der Waals surface area contributed by atoms with Gasteiger partial charge in [0.1, 0.15) is 47.9 Å². The van der Waals surface area contributed by atoms with Gasteiger partial charge in [0.15, 0.2) is 0 Å². The van der Waals surface area contributed by atoms with Gasteiger partial charge in [-0.15, -0.1) is 0 Å². The third kappa shape index (κ3) is 15.3. The average Bonchev–Trinajstić information content (AvgIpc) is 3.12. The van der Waals surface area contributed by atoms with Crippen molar-refractivity contribution in [1.82, 2.24) is 26.6 Å². The fourth-order valence-electron chi connectivity index (χ4n) is 5.78. The summed E-state index contributed by atoms with van der Waals surface area (Å²) in [6.45, 7) is 22.3. The van der Waals surface area contributed by atoms with Crippen molar-refractivity contribution in [3.8, 4) is 11.5 Å². The molecule has 330 valence electrons. The quantitative estimate of drug-likeness (QED) is 0.120. The molecule has 2 aromatic rings. The summed E-state index contributed by atoms with van der Waals surface area (Å²) in [7, 11) is -2.10. The van der Waals surface area contributed by atoms with E-state index in [9.17, 15) is 33.9 Å². The zero-order chi connectivity index (χ0) is 45.2. The minimum atomic E-state index is -2.10. The monoisotopic (exact) mass is 851 g/mol. The van der Waals surface area contributed by atoms with Crippen LogP contribution in [-0.4, -0.2) is 91.5 Å². The van der Waals surface area contributed by atoms with E-state index in [1.165, 1.54) is 18.2 Å². The van der Waals surface area contributed by atoms with Gasteiger partial charge in [0.25, 0.3) is 0 Å². The second kappa shape index (κ2) is 20.7. The van der Waals surface area contributed by atoms with Crippen molar-refractivity contribution in [2.45, 2.75) is 136 Å². The minimum Gasteiger partial charge on any atom is -0.544 e. The number of phenolic OH excluding ortho intramolecular Hbond substituents is 1. The predicted molar refractivity (Wildman–Crippen MR) is 230 cm³/mol. The zero-order valence-electron chi connectivity index (χ0n) is 37.1. The first-order valence-electron chi connectivity index (χ1n) is 20.4. The van der Waals surface area contributed by atoms with Crippen LogP contribution in [0.1, 0.15) is 80.4 Å². The molecule has 6 N–H and O–H groups in total. The topological polar surface area (TPSA) is 210 Å². The average molecular weight is 852 g/mol. The third-order valence-corrected chi connectivity index (χ3v) is 14.6. The molecule has 2 aromatic carbocycles. The second-order valence-electron chi connectivity index (χ2n) is 18.4. The Bertz CT molecular complexity index is 1850. The van der Waals surface area contributed by atoms with Crippen molar-refractivity contribution < 1.29 is 47.8 Å². The predicted octanol–water partition coefficient (Wildman–Crippen LogP) is 4.82. The molecular weight excluding hydrogens is 787 g/mol. The van der Waals surface area contributed by atoms with Crippen LogP contribution in [-0.2, 0) is 46.3 Å². The number of aromatic hydroxyl groups is 1. The Morgan fingerprint density at radius 1 is 0.867 bits per heavy atom. The Balaban J connectivity index is 1.85. The van der Waals surface area contributed by atoms with Crippen molar-refractivity contribution in [2.24, 2.45) is 11.8 Å². The third-order valence-electron chi connectivity index (χ3n) is 10.2. The summed E-state index contributed by atoms with van der Waals surface area (Å²) in [4.78, 5) is 80.8. The lowest BCUT2D eigenvalue weighted by Gasteiger charge is -2.36. The molecule has 0 aromatic heterocycles. The van der Waals surface area contributed by atoms with Crippen LogP contribution >= 0.6 is 0 Å². The van der Waals surface area contributed by atoms with Crippen LogP contribution in [0.2, 0.25) is 18.1 Å². The molecular formula is C44H65N5O10Si. The maximum atomic E-state index is 13.9. The van der Waals surface area contributed by atoms with Crippen LogP contribution in [0, 0.1) is 11.8 Å². The van der Waals surface area contributed by atoms with Gasteiger partial charge in [0.2, 0.25) is 31.9 Å². The fraction of sp³-hybridized carbons (Fsp3) is 0.545. The summed E-state index contributed by atoms with van der Waals surface area (Å²) in [5.74, 6) is -3.34. The Kier molecular flexibility index (Phi) is 16.9. The zero-order valence-corrected chi connectivity index (χ0v) is 38.1. The number of cyclic esters (lactones) is 1. The van der Waals surface area contributed by atoms with Crippen LogP contribution < -0.4 is 31.0 Å². The molecule has 0 bridgehead atoms. The Hall–Kier alpha value is -5.38. The normalized spacial score (nSPS) is 19.6. The van der Waals surface area contributed by atoms with Gasteiger partial charge in [-0.25, -0.2) is 9.59 Å². The number of amides is 5. The number of carbonyl (C=O) groups excluding carboxylic acids is 6. The van der Waals surface area contributed by atoms with Crippen LogP contribution in [0.4, 0.5) is 4.79 Å². The summed E-state index contributed by atoms with van der Waals surface area (Å²) >= 11 is 0. The van der Waals surface area contributed by atoms with E-state index < -0.39 is 92.3 Å². The molecule has 0 radical (unpaired) electrons. The van der Waals surface area contributed by atoms with Crippen molar-refractivity contribution in [3.05, 3.63) is 71.8 Å². The molecule has 15 nitrogen and oxygen atoms in total. The van der Waals surface area contributed by atoms with Gasteiger partial charge in [0.05, 0.1) is 6.04 Å². The molecule has 0 fully saturated rings. The highest BCUT2D eigenvalue weighted by molar-refractivity contribution is 6.74. The lowest BCUT2D eigenvalue weighted by atomic mass is 10.0. The van der Waals surface area contributed by atoms with Gasteiger partial charge in [-0.1, -0.05) is 78.8 Å². The van der Waals surface area contributed by atoms with Crippen LogP contribution in [0.15, 0.2) is 60.7 Å². The van der Waals surface area contributed by atoms with E-state index in [2.05, 4.69) is 60.4 Å². The van der Waals surface area contributed by atoms with Gasteiger partial charge in [-0.3, -0.25) is 19.2 Å². The summed E-state index contributed by atoms with van der Waals surface area (Å²) in [5.41, 5.74) is 0.496. The fourth-order valence-corrected chi connectivity index (χ4v) is 6.81. The molecule has 0 unspecified atom stereocenters. The number of hydrogen-bond acceptors (Lipinski definition) is 10. The van der Waals surface area contributed by atoms with Crippen LogP contribution in [0.5, 0.6) is 11.5 Å². The molecule has 1 aliphatic rings. The first kappa shape index (κ1) is 49.0. The standard InChI is InChI=1S/C44H65N5O10Si/c1-26(2)36-40(54)46-34(24-29-15-20-32(21-16-29)59-60(11,12)44(8,9)10)41(55)57-25-30(17-22-35(51)48-36)45-39(53)37(27(3)4)49-38(52)33(47-42(56)58-43(5,6)7)23-28-13-18-31(50)19-14-28/h13-22,26-27,30,33-34,36-37,50H,23-25H2,1-12H3,(H,45,53)(H,46,54)(H,47,56)(H,48,51)(H,49,52)/b22-17+/t30-,33+,34+,36+,37+/m1/s1. The molecule has 0 spiro atoms. The Morgan fingerprint density at radius 3 is 2.02 bits per heavy atom. The van der Waals surface area contributed by atoms with E-state index >= 15 is 0 Å². The molecule has 0 aliphatic carbocycles. The number of hydrogen-bond donors (Lipinski definition) is 6. The van der Waals surface area contributed by atoms with Gasteiger partial charge in [0, 0.05) is 18.9 Å². The molecule has 60 heavy (non-hydrogen) atoms. The van der Waals surface area contributed by atoms with Gasteiger partial charge in [-0.2, -0.15) is 0 Å². The summed E-state index contributed by atoms with van der Waals surface area (Å²) in [6, 6.07) is 7.95. The number of benzene rings is 2. The highest BCUT2D eigenvalue weighted by atomic mass is 28.4. The summed E-state index contributed by atoms with van der Waals surface area (Å²) < 4.78 is 17.5. The number of phenols is 1. The Labute approximate surface area is 355 Å². The number of esters is 1. The van der Waals surface area contributed by atoms with Crippen molar-refractivity contribution >= 4 is 44.0 Å². The Morgan fingerprint density at radius 2 is 1.47 bits per heavy atom. The molecule has 1 aliphatic heterocycles. The van der Waals surface area contributed by atoms with Crippen LogP contribution in [0.3, 0.4) is 0 Å². The SMILES string of the molecule is CC(C)[C@@H]1NC(=O)/C=C/[C@@H](NC(=O)[C@@H](NC(=O)[C@H](Cc2ccc(O)cc2)NC(=O)OC(C)(C)C)C(C)C)COC(=O)[C@H](Cc2ccc(O[Si](C)(C)C(C)(C)C)cc2)NC1=O. The largest absolute Gasteiger partial charge is 0.544 e. The maximum absolute atomic E-state index is 13.9. The van der Waals surface area contributed by atoms with E-state index in [0.29, 0.717) is 11.3 Å². The van der Waals surface area contributed by atoms with Crippen molar-refractivity contribution in [3.63, 3.8) is 0 Å². The highest BCUT2D eigenvalue weighted by Crippen LogP contribution is 2.37. The number of rotatable bonds is 13. The molecule has 16 heteroatoms. The van der Waals surface area contributed by atoms with E-state index in [0.717, 1.165) is 11.6 Å². The molecule has 5 atom stereocenters. The molecule has 1 heterocycles. The molecule has 3 rings (SSSR count). The molecule has 0 saturated heterocycles. The van der Waals surface area contributed by atoms with E-state index in [4.69, 9.17) is 13.9 Å². The maximum Gasteiger partial charge on any atom is 0.408 e. The van der Waals surface area contributed by atoms with E-state index in [1.54, 1.807) is 60.6 Å². The number of alkyl carbamates (subject to hydrolysis) is 1. The second-order valence-corrected chi connectivity index (χ2v) is 23.1. The number of carbonyl (C=O) groups is 6. The van der Waals surface area contributed by atoms with Crippen molar-refractivity contribution in [1.29, 1.82) is 0 Å². The van der Waals surface area contributed by atoms with Crippen LogP contribution in [0.25, 0.3) is 0 Å². The highest BCUT2D eigenvalue weighted by Gasteiger charge is 2.39.